The number of ether oxygens (including phenoxy) is 1. The summed E-state index contributed by atoms with van der Waals surface area (Å²) in [7, 11) is 1.53. The lowest BCUT2D eigenvalue weighted by Gasteiger charge is -2.02. The largest absolute Gasteiger partial charge is 0.377 e. The molecule has 0 fully saturated rings. The van der Waals surface area contributed by atoms with E-state index in [4.69, 9.17) is 4.74 Å². The summed E-state index contributed by atoms with van der Waals surface area (Å²) in [4.78, 5) is 15.8. The van der Waals surface area contributed by atoms with Crippen molar-refractivity contribution in [1.82, 2.24) is 4.98 Å². The zero-order chi connectivity index (χ0) is 12.1. The van der Waals surface area contributed by atoms with Gasteiger partial charge in [-0.25, -0.2) is 0 Å². The molecule has 1 aromatic carbocycles. The Balaban J connectivity index is 2.06. The number of hydrogen-bond acceptors (Lipinski definition) is 3. The van der Waals surface area contributed by atoms with E-state index >= 15 is 0 Å². The lowest BCUT2D eigenvalue weighted by atomic mass is 10.1. The van der Waals surface area contributed by atoms with Crippen LogP contribution in [0.3, 0.4) is 0 Å². The highest BCUT2D eigenvalue weighted by Gasteiger charge is 2.03. The summed E-state index contributed by atoms with van der Waals surface area (Å²) in [5, 5.41) is 1.12. The summed E-state index contributed by atoms with van der Waals surface area (Å²) in [6.45, 7) is 0.188. The van der Waals surface area contributed by atoms with Gasteiger partial charge in [0.1, 0.15) is 6.61 Å². The molecule has 0 unspecified atom stereocenters. The van der Waals surface area contributed by atoms with Crippen LogP contribution in [0.15, 0.2) is 36.4 Å². The van der Waals surface area contributed by atoms with Gasteiger partial charge in [-0.05, 0) is 18.6 Å². The quantitative estimate of drug-likeness (QED) is 0.790. The fourth-order valence-electron chi connectivity index (χ4n) is 1.75. The summed E-state index contributed by atoms with van der Waals surface area (Å²) >= 11 is 0. The maximum Gasteiger partial charge on any atom is 0.158 e. The fraction of sp³-hybridized carbons (Fsp3) is 0.286. The molecule has 0 saturated carbocycles. The van der Waals surface area contributed by atoms with E-state index in [0.29, 0.717) is 12.8 Å². The molecule has 0 N–H and O–H groups in total. The van der Waals surface area contributed by atoms with Gasteiger partial charge in [-0.15, -0.1) is 0 Å². The van der Waals surface area contributed by atoms with Gasteiger partial charge >= 0.3 is 0 Å². The van der Waals surface area contributed by atoms with Gasteiger partial charge in [-0.3, -0.25) is 9.78 Å². The number of carbonyl (C=O) groups is 1. The first-order valence-electron chi connectivity index (χ1n) is 5.65. The van der Waals surface area contributed by atoms with Gasteiger partial charge in [0.15, 0.2) is 5.78 Å². The first-order valence-corrected chi connectivity index (χ1v) is 5.65. The Morgan fingerprint density at radius 3 is 2.88 bits per heavy atom. The van der Waals surface area contributed by atoms with E-state index in [-0.39, 0.29) is 12.4 Å². The van der Waals surface area contributed by atoms with Crippen LogP contribution in [-0.4, -0.2) is 24.5 Å². The number of ketones is 1. The first-order chi connectivity index (χ1) is 8.29. The molecule has 88 valence electrons. The number of fused-ring (bicyclic) bond motifs is 1. The van der Waals surface area contributed by atoms with E-state index in [0.717, 1.165) is 16.6 Å². The van der Waals surface area contributed by atoms with Crippen LogP contribution < -0.4 is 0 Å². The van der Waals surface area contributed by atoms with Gasteiger partial charge in [0.05, 0.1) is 5.52 Å². The van der Waals surface area contributed by atoms with E-state index in [1.165, 1.54) is 7.11 Å². The topological polar surface area (TPSA) is 39.2 Å². The predicted octanol–water partition coefficient (Wildman–Crippen LogP) is 2.38. The second-order valence-corrected chi connectivity index (χ2v) is 3.97. The highest BCUT2D eigenvalue weighted by Crippen LogP contribution is 2.12. The molecule has 2 rings (SSSR count). The molecular formula is C14H15NO2. The van der Waals surface area contributed by atoms with Crippen LogP contribution in [0.25, 0.3) is 10.9 Å². The van der Waals surface area contributed by atoms with Crippen LogP contribution in [0.1, 0.15) is 12.1 Å². The minimum Gasteiger partial charge on any atom is -0.377 e. The van der Waals surface area contributed by atoms with E-state index in [1.807, 2.05) is 36.4 Å². The average Bonchev–Trinajstić information content (AvgIpc) is 2.36. The number of pyridine rings is 1. The summed E-state index contributed by atoms with van der Waals surface area (Å²) in [5.74, 6) is 0.113. The van der Waals surface area contributed by atoms with Crippen LogP contribution in [0, 0.1) is 0 Å². The van der Waals surface area contributed by atoms with E-state index in [2.05, 4.69) is 4.98 Å². The number of hydrogen-bond donors (Lipinski definition) is 0. The standard InChI is InChI=1S/C14H15NO2/c1-17-10-13(16)9-8-12-7-6-11-4-2-3-5-14(11)15-12/h2-7H,8-10H2,1H3. The molecule has 0 atom stereocenters. The molecule has 0 saturated heterocycles. The Labute approximate surface area is 100 Å². The van der Waals surface area contributed by atoms with Crippen molar-refractivity contribution in [2.45, 2.75) is 12.8 Å². The second kappa shape index (κ2) is 5.55. The van der Waals surface area contributed by atoms with Crippen molar-refractivity contribution in [2.75, 3.05) is 13.7 Å². The second-order valence-electron chi connectivity index (χ2n) is 3.97. The predicted molar refractivity (Wildman–Crippen MR) is 66.9 cm³/mol. The molecule has 0 aliphatic rings. The third kappa shape index (κ3) is 3.11. The minimum atomic E-state index is 0.113. The highest BCUT2D eigenvalue weighted by atomic mass is 16.5. The van der Waals surface area contributed by atoms with Gasteiger partial charge < -0.3 is 4.74 Å². The number of rotatable bonds is 5. The van der Waals surface area contributed by atoms with Gasteiger partial charge in [0, 0.05) is 24.6 Å². The molecule has 3 heteroatoms. The maximum absolute atomic E-state index is 11.3. The average molecular weight is 229 g/mol. The monoisotopic (exact) mass is 229 g/mol. The number of nitrogens with zero attached hydrogens (tertiary/aromatic N) is 1. The number of benzene rings is 1. The van der Waals surface area contributed by atoms with Crippen molar-refractivity contribution in [2.24, 2.45) is 0 Å². The van der Waals surface area contributed by atoms with Crippen molar-refractivity contribution in [3.63, 3.8) is 0 Å². The molecule has 0 radical (unpaired) electrons. The van der Waals surface area contributed by atoms with E-state index in [1.54, 1.807) is 0 Å². The van der Waals surface area contributed by atoms with Crippen LogP contribution >= 0.6 is 0 Å². The van der Waals surface area contributed by atoms with Gasteiger partial charge in [0.25, 0.3) is 0 Å². The molecule has 1 aromatic heterocycles. The Morgan fingerprint density at radius 2 is 2.06 bits per heavy atom. The third-order valence-electron chi connectivity index (χ3n) is 2.62. The maximum atomic E-state index is 11.3. The molecule has 0 aliphatic carbocycles. The number of aryl methyl sites for hydroxylation is 1. The molecule has 3 nitrogen and oxygen atoms in total. The Kier molecular flexibility index (Phi) is 3.83. The number of carbonyl (C=O) groups excluding carboxylic acids is 1. The molecule has 2 aromatic rings. The molecule has 0 amide bonds. The smallest absolute Gasteiger partial charge is 0.158 e. The Morgan fingerprint density at radius 1 is 1.24 bits per heavy atom. The summed E-state index contributed by atoms with van der Waals surface area (Å²) in [6.07, 6.45) is 1.16. The van der Waals surface area contributed by atoms with Crippen molar-refractivity contribution in [1.29, 1.82) is 0 Å². The fourth-order valence-corrected chi connectivity index (χ4v) is 1.75. The summed E-state index contributed by atoms with van der Waals surface area (Å²) in [5.41, 5.74) is 1.93. The van der Waals surface area contributed by atoms with Crippen LogP contribution in [0.2, 0.25) is 0 Å². The SMILES string of the molecule is COCC(=O)CCc1ccc2ccccc2n1. The molecule has 0 bridgehead atoms. The van der Waals surface area contributed by atoms with Crippen molar-refractivity contribution >= 4 is 16.7 Å². The van der Waals surface area contributed by atoms with Crippen molar-refractivity contribution in [3.05, 3.63) is 42.1 Å². The molecular weight excluding hydrogens is 214 g/mol. The zero-order valence-corrected chi connectivity index (χ0v) is 9.85. The Hall–Kier alpha value is -1.74. The number of methoxy groups -OCH3 is 1. The van der Waals surface area contributed by atoms with Crippen molar-refractivity contribution < 1.29 is 9.53 Å². The lowest BCUT2D eigenvalue weighted by molar-refractivity contribution is -0.122. The summed E-state index contributed by atoms with van der Waals surface area (Å²) in [6, 6.07) is 12.0. The Bertz CT molecular complexity index is 522. The van der Waals surface area contributed by atoms with E-state index in [9.17, 15) is 4.79 Å². The van der Waals surface area contributed by atoms with Gasteiger partial charge in [-0.1, -0.05) is 24.3 Å². The van der Waals surface area contributed by atoms with Crippen LogP contribution in [-0.2, 0) is 16.0 Å². The van der Waals surface area contributed by atoms with E-state index < -0.39 is 0 Å². The van der Waals surface area contributed by atoms with Gasteiger partial charge in [0.2, 0.25) is 0 Å². The molecule has 1 heterocycles. The zero-order valence-electron chi connectivity index (χ0n) is 9.85. The van der Waals surface area contributed by atoms with Crippen LogP contribution in [0.4, 0.5) is 0 Å². The molecule has 17 heavy (non-hydrogen) atoms. The number of para-hydroxylation sites is 1. The molecule has 0 spiro atoms. The third-order valence-corrected chi connectivity index (χ3v) is 2.62. The minimum absolute atomic E-state index is 0.113. The number of Topliss-reactive ketones (excluding diaryl/α,β-unsaturated/α-hetero) is 1. The lowest BCUT2D eigenvalue weighted by Crippen LogP contribution is -2.07. The highest BCUT2D eigenvalue weighted by molar-refractivity contribution is 5.80. The molecule has 0 aliphatic heterocycles. The van der Waals surface area contributed by atoms with Gasteiger partial charge in [-0.2, -0.15) is 0 Å². The summed E-state index contributed by atoms with van der Waals surface area (Å²) < 4.78 is 4.79. The number of aromatic nitrogens is 1. The van der Waals surface area contributed by atoms with Crippen molar-refractivity contribution in [3.8, 4) is 0 Å². The normalized spacial score (nSPS) is 10.6. The first kappa shape index (κ1) is 11.7. The van der Waals surface area contributed by atoms with Crippen LogP contribution in [0.5, 0.6) is 0 Å².